The first-order chi connectivity index (χ1) is 15.8. The molecule has 6 heteroatoms. The van der Waals surface area contributed by atoms with E-state index in [0.717, 1.165) is 43.0 Å². The number of fused-ring (bicyclic) bond motifs is 1. The van der Waals surface area contributed by atoms with Gasteiger partial charge in [-0.25, -0.2) is 4.79 Å². The van der Waals surface area contributed by atoms with Crippen molar-refractivity contribution >= 4 is 61.3 Å². The van der Waals surface area contributed by atoms with Crippen LogP contribution in [-0.2, 0) is 0 Å². The average Bonchev–Trinajstić information content (AvgIpc) is 3.10. The largest absolute Gasteiger partial charge is 0.324 e. The fourth-order valence-electron chi connectivity index (χ4n) is 4.03. The maximum Gasteiger partial charge on any atom is 0.324 e. The van der Waals surface area contributed by atoms with Crippen molar-refractivity contribution in [2.45, 2.75) is 39.5 Å². The van der Waals surface area contributed by atoms with Crippen LogP contribution < -0.4 is 10.6 Å². The highest BCUT2D eigenvalue weighted by Crippen LogP contribution is 2.46. The molecule has 0 aliphatic carbocycles. The van der Waals surface area contributed by atoms with Crippen LogP contribution in [0, 0.1) is 0 Å². The average molecular weight is 497 g/mol. The third-order valence-corrected chi connectivity index (χ3v) is 7.28. The van der Waals surface area contributed by atoms with E-state index in [1.54, 1.807) is 0 Å². The molecule has 4 rings (SSSR count). The fraction of sp³-hybridized carbons (Fsp3) is 0.222. The number of para-hydroxylation sites is 1. The summed E-state index contributed by atoms with van der Waals surface area (Å²) in [7, 11) is 0. The van der Waals surface area contributed by atoms with Gasteiger partial charge in [0, 0.05) is 36.9 Å². The summed E-state index contributed by atoms with van der Waals surface area (Å²) in [5.74, 6) is 0.563. The van der Waals surface area contributed by atoms with Gasteiger partial charge >= 0.3 is 6.03 Å². The molecule has 0 aliphatic heterocycles. The minimum absolute atomic E-state index is 0.282. The molecule has 170 valence electrons. The summed E-state index contributed by atoms with van der Waals surface area (Å²) in [5, 5.41) is 9.17. The summed E-state index contributed by atoms with van der Waals surface area (Å²) in [5.41, 5.74) is 4.84. The van der Waals surface area contributed by atoms with Crippen LogP contribution in [0.25, 0.3) is 21.2 Å². The van der Waals surface area contributed by atoms with Crippen molar-refractivity contribution in [3.05, 3.63) is 81.8 Å². The van der Waals surface area contributed by atoms with Crippen LogP contribution in [0.5, 0.6) is 0 Å². The highest BCUT2D eigenvalue weighted by molar-refractivity contribution is 7.23. The second kappa shape index (κ2) is 9.76. The van der Waals surface area contributed by atoms with Crippen LogP contribution in [0.4, 0.5) is 15.5 Å². The quantitative estimate of drug-likeness (QED) is 0.283. The number of urea groups is 1. The topological polar surface area (TPSA) is 41.1 Å². The second-order valence-electron chi connectivity index (χ2n) is 8.63. The van der Waals surface area contributed by atoms with Crippen LogP contribution in [0.2, 0.25) is 10.0 Å². The van der Waals surface area contributed by atoms with Crippen LogP contribution in [0.1, 0.15) is 50.7 Å². The van der Waals surface area contributed by atoms with Crippen LogP contribution in [0.3, 0.4) is 0 Å². The SMILES string of the molecule is CC(C)c1cccc(C(C)C)c1NC(=O)Nc1sc2ccc(Cl)cc2c1-c1ccccc1Cl. The Labute approximate surface area is 208 Å². The fourth-order valence-corrected chi connectivity index (χ4v) is 5.53. The van der Waals surface area contributed by atoms with Gasteiger partial charge in [-0.1, -0.05) is 87.3 Å². The van der Waals surface area contributed by atoms with E-state index in [0.29, 0.717) is 10.0 Å². The van der Waals surface area contributed by atoms with Crippen molar-refractivity contribution in [1.82, 2.24) is 0 Å². The maximum atomic E-state index is 13.3. The molecule has 3 nitrogen and oxygen atoms in total. The highest BCUT2D eigenvalue weighted by Gasteiger charge is 2.20. The lowest BCUT2D eigenvalue weighted by molar-refractivity contribution is 0.262. The lowest BCUT2D eigenvalue weighted by Crippen LogP contribution is -2.21. The molecule has 0 fully saturated rings. The van der Waals surface area contributed by atoms with Crippen molar-refractivity contribution < 1.29 is 4.79 Å². The Balaban J connectivity index is 1.76. The number of thiophene rings is 1. The molecule has 0 radical (unpaired) electrons. The number of rotatable bonds is 5. The second-order valence-corrected chi connectivity index (χ2v) is 10.5. The maximum absolute atomic E-state index is 13.3. The summed E-state index contributed by atoms with van der Waals surface area (Å²) >= 11 is 14.4. The van der Waals surface area contributed by atoms with Gasteiger partial charge in [0.2, 0.25) is 0 Å². The van der Waals surface area contributed by atoms with Gasteiger partial charge in [0.15, 0.2) is 0 Å². The van der Waals surface area contributed by atoms with Gasteiger partial charge in [-0.3, -0.25) is 5.32 Å². The standard InChI is InChI=1S/C27H26Cl2N2OS/c1-15(2)18-9-7-10-19(16(3)4)25(18)30-27(32)31-26-24(20-8-5-6-11-22(20)29)21-14-17(28)12-13-23(21)33-26/h5-16H,1-4H3,(H2,30,31,32). The Morgan fingerprint density at radius 2 is 1.52 bits per heavy atom. The molecular weight excluding hydrogens is 471 g/mol. The van der Waals surface area contributed by atoms with Crippen molar-refractivity contribution in [2.24, 2.45) is 0 Å². The lowest BCUT2D eigenvalue weighted by atomic mass is 9.93. The molecule has 0 saturated heterocycles. The molecule has 0 atom stereocenters. The van der Waals surface area contributed by atoms with Gasteiger partial charge < -0.3 is 5.32 Å². The summed E-state index contributed by atoms with van der Waals surface area (Å²) in [6, 6.07) is 19.3. The molecule has 1 heterocycles. The molecule has 0 spiro atoms. The molecule has 0 bridgehead atoms. The van der Waals surface area contributed by atoms with Crippen molar-refractivity contribution in [3.63, 3.8) is 0 Å². The molecule has 1 aromatic heterocycles. The van der Waals surface area contributed by atoms with E-state index in [9.17, 15) is 4.79 Å². The Kier molecular flexibility index (Phi) is 6.99. The minimum Gasteiger partial charge on any atom is -0.307 e. The zero-order valence-electron chi connectivity index (χ0n) is 19.0. The molecule has 33 heavy (non-hydrogen) atoms. The van der Waals surface area contributed by atoms with Gasteiger partial charge in [0.05, 0.1) is 0 Å². The number of hydrogen-bond donors (Lipinski definition) is 2. The smallest absolute Gasteiger partial charge is 0.307 e. The van der Waals surface area contributed by atoms with E-state index in [1.807, 2.05) is 42.5 Å². The molecule has 0 aliphatic rings. The zero-order valence-corrected chi connectivity index (χ0v) is 21.3. The van der Waals surface area contributed by atoms with E-state index in [4.69, 9.17) is 23.2 Å². The number of carbonyl (C=O) groups is 1. The predicted molar refractivity (Wildman–Crippen MR) is 145 cm³/mol. The first-order valence-electron chi connectivity index (χ1n) is 10.9. The number of amides is 2. The molecule has 3 aromatic carbocycles. The molecular formula is C27H26Cl2N2OS. The number of nitrogens with one attached hydrogen (secondary N) is 2. The molecule has 0 saturated carbocycles. The normalized spacial score (nSPS) is 11.4. The van der Waals surface area contributed by atoms with Crippen LogP contribution in [-0.4, -0.2) is 6.03 Å². The van der Waals surface area contributed by atoms with Crippen LogP contribution in [0.15, 0.2) is 60.7 Å². The number of hydrogen-bond acceptors (Lipinski definition) is 2. The molecule has 4 aromatic rings. The van der Waals surface area contributed by atoms with Crippen LogP contribution >= 0.6 is 34.5 Å². The zero-order chi connectivity index (χ0) is 23.7. The third kappa shape index (κ3) is 4.89. The van der Waals surface area contributed by atoms with Gasteiger partial charge in [-0.05, 0) is 47.2 Å². The van der Waals surface area contributed by atoms with E-state index < -0.39 is 0 Å². The highest BCUT2D eigenvalue weighted by atomic mass is 35.5. The lowest BCUT2D eigenvalue weighted by Gasteiger charge is -2.20. The van der Waals surface area contributed by atoms with E-state index in [2.05, 4.69) is 56.5 Å². The molecule has 2 N–H and O–H groups in total. The Morgan fingerprint density at radius 1 is 0.848 bits per heavy atom. The number of carbonyl (C=O) groups excluding carboxylic acids is 1. The van der Waals surface area contributed by atoms with E-state index >= 15 is 0 Å². The summed E-state index contributed by atoms with van der Waals surface area (Å²) in [6.45, 7) is 8.53. The number of halogens is 2. The Morgan fingerprint density at radius 3 is 2.15 bits per heavy atom. The van der Waals surface area contributed by atoms with Crippen molar-refractivity contribution in [2.75, 3.05) is 10.6 Å². The molecule has 0 unspecified atom stereocenters. The van der Waals surface area contributed by atoms with Crippen molar-refractivity contribution in [3.8, 4) is 11.1 Å². The minimum atomic E-state index is -0.282. The number of benzene rings is 3. The predicted octanol–water partition coefficient (Wildman–Crippen LogP) is 9.77. The van der Waals surface area contributed by atoms with Gasteiger partial charge in [0.25, 0.3) is 0 Å². The summed E-state index contributed by atoms with van der Waals surface area (Å²) < 4.78 is 1.02. The Hall–Kier alpha value is -2.53. The first kappa shape index (κ1) is 23.6. The van der Waals surface area contributed by atoms with E-state index in [-0.39, 0.29) is 17.9 Å². The first-order valence-corrected chi connectivity index (χ1v) is 12.5. The monoisotopic (exact) mass is 496 g/mol. The number of anilines is 2. The summed E-state index contributed by atoms with van der Waals surface area (Å²) in [6.07, 6.45) is 0. The van der Waals surface area contributed by atoms with Gasteiger partial charge in [-0.15, -0.1) is 11.3 Å². The van der Waals surface area contributed by atoms with Gasteiger partial charge in [0.1, 0.15) is 5.00 Å². The van der Waals surface area contributed by atoms with E-state index in [1.165, 1.54) is 11.3 Å². The van der Waals surface area contributed by atoms with Crippen molar-refractivity contribution in [1.29, 1.82) is 0 Å². The third-order valence-electron chi connectivity index (χ3n) is 5.63. The van der Waals surface area contributed by atoms with Gasteiger partial charge in [-0.2, -0.15) is 0 Å². The summed E-state index contributed by atoms with van der Waals surface area (Å²) in [4.78, 5) is 13.3. The molecule has 2 amide bonds. The Bertz CT molecular complexity index is 1300.